The van der Waals surface area contributed by atoms with Crippen LogP contribution >= 0.6 is 0 Å². The molecule has 0 unspecified atom stereocenters. The third-order valence-electron chi connectivity index (χ3n) is 8.69. The van der Waals surface area contributed by atoms with E-state index in [-0.39, 0.29) is 37.1 Å². The molecule has 1 saturated heterocycles. The number of carbonyl (C=O) groups excluding carboxylic acids is 2. The summed E-state index contributed by atoms with van der Waals surface area (Å²) < 4.78 is 52.0. The Kier molecular flexibility index (Phi) is 8.19. The highest BCUT2D eigenvalue weighted by Gasteiger charge is 2.61. The zero-order valence-corrected chi connectivity index (χ0v) is 24.3. The second kappa shape index (κ2) is 12.1. The molecule has 2 aliphatic heterocycles. The Morgan fingerprint density at radius 1 is 1.13 bits per heavy atom. The van der Waals surface area contributed by atoms with Gasteiger partial charge < -0.3 is 29.8 Å². The second-order valence-corrected chi connectivity index (χ2v) is 11.8. The molecule has 2 amide bonds. The number of carboxylic acid groups (broad SMARTS) is 1. The SMILES string of the molecule is O=C1N[C@]2(C(=O)O)C[C@H]2/C=C\CCCCC[C@H](Nc2cccc(C(F)(F)F)c2)C(=O)N2C[C@H](Oc3nc4ccccc4o3)C[C@@H]12. The van der Waals surface area contributed by atoms with Crippen LogP contribution in [-0.2, 0) is 20.6 Å². The molecule has 0 spiro atoms. The molecule has 0 radical (unpaired) electrons. The monoisotopic (exact) mass is 626 g/mol. The fraction of sp³-hybridized carbons (Fsp3) is 0.438. The summed E-state index contributed by atoms with van der Waals surface area (Å²) in [5, 5.41) is 15.7. The molecule has 1 saturated carbocycles. The van der Waals surface area contributed by atoms with Gasteiger partial charge in [0.25, 0.3) is 0 Å². The Balaban J connectivity index is 1.30. The average Bonchev–Trinajstić information content (AvgIpc) is 3.31. The van der Waals surface area contributed by atoms with Gasteiger partial charge in [0, 0.05) is 18.0 Å². The van der Waals surface area contributed by atoms with Crippen molar-refractivity contribution in [2.45, 2.75) is 74.8 Å². The van der Waals surface area contributed by atoms with Crippen LogP contribution in [0.25, 0.3) is 11.1 Å². The van der Waals surface area contributed by atoms with Crippen LogP contribution in [0.15, 0.2) is 65.1 Å². The molecule has 10 nitrogen and oxygen atoms in total. The lowest BCUT2D eigenvalue weighted by molar-refractivity contribution is -0.145. The molecule has 3 heterocycles. The Morgan fingerprint density at radius 3 is 2.73 bits per heavy atom. The molecular formula is C32H33F3N4O6. The van der Waals surface area contributed by atoms with Gasteiger partial charge in [-0.05, 0) is 56.0 Å². The maximum atomic E-state index is 14.2. The highest BCUT2D eigenvalue weighted by Crippen LogP contribution is 2.45. The normalized spacial score (nSPS) is 28.3. The van der Waals surface area contributed by atoms with Crippen LogP contribution in [0.3, 0.4) is 0 Å². The fourth-order valence-corrected chi connectivity index (χ4v) is 6.18. The smallest absolute Gasteiger partial charge is 0.416 e. The predicted octanol–water partition coefficient (Wildman–Crippen LogP) is 5.16. The van der Waals surface area contributed by atoms with Crippen LogP contribution in [0.5, 0.6) is 6.08 Å². The number of amides is 2. The lowest BCUT2D eigenvalue weighted by Gasteiger charge is -2.30. The molecule has 3 aromatic rings. The number of carboxylic acids is 1. The zero-order chi connectivity index (χ0) is 31.8. The van der Waals surface area contributed by atoms with Gasteiger partial charge in [-0.1, -0.05) is 43.2 Å². The first kappa shape index (κ1) is 30.5. The van der Waals surface area contributed by atoms with E-state index in [4.69, 9.17) is 9.15 Å². The van der Waals surface area contributed by atoms with Crippen molar-refractivity contribution < 1.29 is 41.8 Å². The van der Waals surface area contributed by atoms with Crippen molar-refractivity contribution >= 4 is 34.6 Å². The molecule has 238 valence electrons. The summed E-state index contributed by atoms with van der Waals surface area (Å²) in [7, 11) is 0. The minimum Gasteiger partial charge on any atom is -0.479 e. The third-order valence-corrected chi connectivity index (χ3v) is 8.69. The number of alkyl halides is 3. The number of aromatic nitrogens is 1. The van der Waals surface area contributed by atoms with Crippen molar-refractivity contribution in [3.8, 4) is 6.08 Å². The summed E-state index contributed by atoms with van der Waals surface area (Å²) >= 11 is 0. The van der Waals surface area contributed by atoms with Crippen molar-refractivity contribution in [2.24, 2.45) is 5.92 Å². The topological polar surface area (TPSA) is 134 Å². The van der Waals surface area contributed by atoms with Crippen LogP contribution in [0, 0.1) is 5.92 Å². The van der Waals surface area contributed by atoms with Gasteiger partial charge >= 0.3 is 18.2 Å². The maximum Gasteiger partial charge on any atom is 0.416 e. The number of nitrogens with one attached hydrogen (secondary N) is 2. The number of oxazole rings is 1. The molecular weight excluding hydrogens is 593 g/mol. The van der Waals surface area contributed by atoms with Crippen molar-refractivity contribution in [1.82, 2.24) is 15.2 Å². The van der Waals surface area contributed by atoms with Gasteiger partial charge in [0.05, 0.1) is 12.1 Å². The Labute approximate surface area is 256 Å². The van der Waals surface area contributed by atoms with Gasteiger partial charge in [0.1, 0.15) is 29.2 Å². The van der Waals surface area contributed by atoms with Gasteiger partial charge in [-0.15, -0.1) is 0 Å². The summed E-state index contributed by atoms with van der Waals surface area (Å²) in [5.74, 6) is -2.68. The van der Waals surface area contributed by atoms with Crippen LogP contribution in [0.4, 0.5) is 18.9 Å². The van der Waals surface area contributed by atoms with Gasteiger partial charge in [0.2, 0.25) is 11.8 Å². The number of aliphatic carboxylic acids is 1. The van der Waals surface area contributed by atoms with E-state index in [0.29, 0.717) is 30.4 Å². The number of carbonyl (C=O) groups is 3. The van der Waals surface area contributed by atoms with Crippen LogP contribution < -0.4 is 15.4 Å². The van der Waals surface area contributed by atoms with Gasteiger partial charge in [0.15, 0.2) is 5.58 Å². The van der Waals surface area contributed by atoms with E-state index in [9.17, 15) is 32.7 Å². The third kappa shape index (κ3) is 6.47. The van der Waals surface area contributed by atoms with Crippen molar-refractivity contribution in [3.05, 3.63) is 66.2 Å². The molecule has 1 aromatic heterocycles. The average molecular weight is 627 g/mol. The molecule has 3 N–H and O–H groups in total. The van der Waals surface area contributed by atoms with E-state index < -0.39 is 53.2 Å². The number of nitrogens with zero attached hydrogens (tertiary/aromatic N) is 2. The Hall–Kier alpha value is -4.55. The lowest BCUT2D eigenvalue weighted by atomic mass is 10.0. The standard InChI is InChI=1S/C32H33F3N4O6/c33-32(34,35)19-10-8-11-21(15-19)36-24-13-5-3-1-2-4-9-20-17-31(20,29(42)43)38-27(40)25-16-22(18-39(25)28(24)41)44-30-37-23-12-6-7-14-26(23)45-30/h4,6-12,14-15,20,22,24-25,36H,1-3,5,13,16-18H2,(H,38,40)(H,42,43)/b9-4-/t20-,22-,24+,25+,31-/m1/s1. The first-order chi connectivity index (χ1) is 21.5. The van der Waals surface area contributed by atoms with E-state index in [2.05, 4.69) is 15.6 Å². The molecule has 1 aliphatic carbocycles. The molecule has 5 atom stereocenters. The Bertz CT molecular complexity index is 1590. The Morgan fingerprint density at radius 2 is 1.96 bits per heavy atom. The molecule has 45 heavy (non-hydrogen) atoms. The zero-order valence-electron chi connectivity index (χ0n) is 24.3. The van der Waals surface area contributed by atoms with Crippen molar-refractivity contribution in [2.75, 3.05) is 11.9 Å². The number of para-hydroxylation sites is 2. The van der Waals surface area contributed by atoms with Gasteiger partial charge in [-0.3, -0.25) is 9.59 Å². The molecule has 2 aromatic carbocycles. The predicted molar refractivity (Wildman–Crippen MR) is 156 cm³/mol. The van der Waals surface area contributed by atoms with Crippen LogP contribution in [0.1, 0.15) is 50.5 Å². The van der Waals surface area contributed by atoms with Gasteiger partial charge in [-0.2, -0.15) is 18.2 Å². The molecule has 6 rings (SSSR count). The first-order valence-corrected chi connectivity index (χ1v) is 15.0. The fourth-order valence-electron chi connectivity index (χ4n) is 6.18. The van der Waals surface area contributed by atoms with Crippen LogP contribution in [0.2, 0.25) is 0 Å². The summed E-state index contributed by atoms with van der Waals surface area (Å²) in [5.41, 5.74) is -1.15. The number of hydrogen-bond donors (Lipinski definition) is 3. The number of ether oxygens (including phenoxy) is 1. The van der Waals surface area contributed by atoms with E-state index in [1.54, 1.807) is 24.3 Å². The van der Waals surface area contributed by atoms with Crippen molar-refractivity contribution in [1.29, 1.82) is 0 Å². The van der Waals surface area contributed by atoms with E-state index >= 15 is 0 Å². The largest absolute Gasteiger partial charge is 0.479 e. The number of rotatable bonds is 5. The lowest BCUT2D eigenvalue weighted by Crippen LogP contribution is -2.55. The highest BCUT2D eigenvalue weighted by atomic mass is 19.4. The summed E-state index contributed by atoms with van der Waals surface area (Å²) in [6.07, 6.45) is 1.81. The van der Waals surface area contributed by atoms with Crippen molar-refractivity contribution in [3.63, 3.8) is 0 Å². The first-order valence-electron chi connectivity index (χ1n) is 15.0. The highest BCUT2D eigenvalue weighted by molar-refractivity contribution is 5.96. The molecule has 13 heteroatoms. The number of hydrogen-bond acceptors (Lipinski definition) is 7. The summed E-state index contributed by atoms with van der Waals surface area (Å²) in [4.78, 5) is 45.9. The number of fused-ring (bicyclic) bond motifs is 3. The number of anilines is 1. The number of benzene rings is 2. The van der Waals surface area contributed by atoms with E-state index in [1.165, 1.54) is 17.0 Å². The van der Waals surface area contributed by atoms with Crippen LogP contribution in [-0.4, -0.2) is 63.0 Å². The van der Waals surface area contributed by atoms with E-state index in [1.807, 2.05) is 12.2 Å². The summed E-state index contributed by atoms with van der Waals surface area (Å²) in [6, 6.07) is 9.63. The quantitative estimate of drug-likeness (QED) is 0.331. The maximum absolute atomic E-state index is 14.2. The minimum atomic E-state index is -4.56. The van der Waals surface area contributed by atoms with Gasteiger partial charge in [-0.25, -0.2) is 4.79 Å². The number of allylic oxidation sites excluding steroid dienone is 1. The minimum absolute atomic E-state index is 0.0305. The molecule has 2 fully saturated rings. The number of halogens is 3. The summed E-state index contributed by atoms with van der Waals surface area (Å²) in [6.45, 7) is -0.0418. The molecule has 3 aliphatic rings. The molecule has 0 bridgehead atoms. The second-order valence-electron chi connectivity index (χ2n) is 11.8. The van der Waals surface area contributed by atoms with E-state index in [0.717, 1.165) is 25.0 Å².